The van der Waals surface area contributed by atoms with Gasteiger partial charge in [0, 0.05) is 37.3 Å². The predicted octanol–water partition coefficient (Wildman–Crippen LogP) is 1.56. The van der Waals surface area contributed by atoms with Crippen molar-refractivity contribution in [2.24, 2.45) is 0 Å². The van der Waals surface area contributed by atoms with E-state index in [4.69, 9.17) is 5.11 Å². The molecule has 1 aliphatic heterocycles. The predicted molar refractivity (Wildman–Crippen MR) is 82.4 cm³/mol. The summed E-state index contributed by atoms with van der Waals surface area (Å²) >= 11 is 0. The number of likely N-dealkylation sites (N-methyl/N-ethyl adjacent to an activating group) is 1. The fraction of sp³-hybridized carbons (Fsp3) is 0.529. The molecule has 0 saturated carbocycles. The molecule has 0 unspecified atom stereocenters. The van der Waals surface area contributed by atoms with Gasteiger partial charge >= 0.3 is 0 Å². The molecule has 20 heavy (non-hydrogen) atoms. The molecular weight excluding hydrogens is 248 g/mol. The van der Waals surface area contributed by atoms with E-state index < -0.39 is 0 Å². The zero-order chi connectivity index (χ0) is 14.6. The lowest BCUT2D eigenvalue weighted by Crippen LogP contribution is -2.57. The van der Waals surface area contributed by atoms with E-state index in [2.05, 4.69) is 54.7 Å². The first kappa shape index (κ1) is 15.1. The van der Waals surface area contributed by atoms with Gasteiger partial charge in [-0.3, -0.25) is 9.80 Å². The highest BCUT2D eigenvalue weighted by Gasteiger charge is 2.30. The largest absolute Gasteiger partial charge is 0.384 e. The van der Waals surface area contributed by atoms with Crippen LogP contribution in [0.25, 0.3) is 0 Å². The monoisotopic (exact) mass is 272 g/mol. The van der Waals surface area contributed by atoms with Crippen LogP contribution < -0.4 is 0 Å². The number of rotatable bonds is 2. The Morgan fingerprint density at radius 3 is 2.70 bits per heavy atom. The Morgan fingerprint density at radius 2 is 2.00 bits per heavy atom. The number of piperazine rings is 1. The van der Waals surface area contributed by atoms with Crippen LogP contribution in [0.1, 0.15) is 25.0 Å². The standard InChI is InChI=1S/C17H24N2O/c1-17(2)14-19(11-10-18(17)3)13-16-8-5-4-7-15(16)9-6-12-20/h4-5,7-8,20H,10-14H2,1-3H3. The summed E-state index contributed by atoms with van der Waals surface area (Å²) in [6.45, 7) is 8.65. The maximum atomic E-state index is 8.85. The Balaban J connectivity index is 2.11. The van der Waals surface area contributed by atoms with Gasteiger partial charge in [-0.1, -0.05) is 30.0 Å². The van der Waals surface area contributed by atoms with E-state index in [1.54, 1.807) is 0 Å². The highest BCUT2D eigenvalue weighted by atomic mass is 16.2. The quantitative estimate of drug-likeness (QED) is 0.828. The van der Waals surface area contributed by atoms with Crippen molar-refractivity contribution in [3.05, 3.63) is 35.4 Å². The number of nitrogens with zero attached hydrogens (tertiary/aromatic N) is 2. The molecule has 0 spiro atoms. The highest BCUT2D eigenvalue weighted by Crippen LogP contribution is 2.21. The minimum atomic E-state index is -0.0874. The fourth-order valence-electron chi connectivity index (χ4n) is 2.63. The van der Waals surface area contributed by atoms with Crippen LogP contribution in [0.2, 0.25) is 0 Å². The second-order valence-corrected chi connectivity index (χ2v) is 6.06. The summed E-state index contributed by atoms with van der Waals surface area (Å²) in [7, 11) is 2.19. The molecule has 1 saturated heterocycles. The molecule has 3 nitrogen and oxygen atoms in total. The van der Waals surface area contributed by atoms with Crippen LogP contribution in [-0.4, -0.2) is 53.7 Å². The van der Waals surface area contributed by atoms with Gasteiger partial charge in [0.05, 0.1) is 0 Å². The number of aliphatic hydroxyl groups is 1. The van der Waals surface area contributed by atoms with Crippen LogP contribution in [0.4, 0.5) is 0 Å². The van der Waals surface area contributed by atoms with Crippen molar-refractivity contribution in [2.45, 2.75) is 25.9 Å². The Bertz CT molecular complexity index is 513. The molecular formula is C17H24N2O. The van der Waals surface area contributed by atoms with Gasteiger partial charge in [-0.2, -0.15) is 0 Å². The molecule has 0 atom stereocenters. The Labute approximate surface area is 122 Å². The van der Waals surface area contributed by atoms with Gasteiger partial charge in [0.25, 0.3) is 0 Å². The average molecular weight is 272 g/mol. The third kappa shape index (κ3) is 3.61. The van der Waals surface area contributed by atoms with Gasteiger partial charge in [-0.15, -0.1) is 0 Å². The van der Waals surface area contributed by atoms with Crippen LogP contribution >= 0.6 is 0 Å². The molecule has 1 heterocycles. The number of benzene rings is 1. The van der Waals surface area contributed by atoms with E-state index in [-0.39, 0.29) is 12.1 Å². The van der Waals surface area contributed by atoms with E-state index in [0.717, 1.165) is 31.7 Å². The lowest BCUT2D eigenvalue weighted by atomic mass is 9.98. The topological polar surface area (TPSA) is 26.7 Å². The number of aliphatic hydroxyl groups excluding tert-OH is 1. The number of hydrogen-bond donors (Lipinski definition) is 1. The van der Waals surface area contributed by atoms with Crippen molar-refractivity contribution in [3.8, 4) is 11.8 Å². The first-order chi connectivity index (χ1) is 9.53. The molecule has 0 bridgehead atoms. The van der Waals surface area contributed by atoms with Crippen molar-refractivity contribution in [1.29, 1.82) is 0 Å². The average Bonchev–Trinajstić information content (AvgIpc) is 2.42. The van der Waals surface area contributed by atoms with Crippen molar-refractivity contribution in [3.63, 3.8) is 0 Å². The molecule has 0 aliphatic carbocycles. The summed E-state index contributed by atoms with van der Waals surface area (Å²) in [5.74, 6) is 5.79. The molecule has 1 aromatic carbocycles. The van der Waals surface area contributed by atoms with Crippen molar-refractivity contribution in [2.75, 3.05) is 33.3 Å². The van der Waals surface area contributed by atoms with Gasteiger partial charge < -0.3 is 5.11 Å². The minimum absolute atomic E-state index is 0.0874. The van der Waals surface area contributed by atoms with Gasteiger partial charge in [0.2, 0.25) is 0 Å². The molecule has 108 valence electrons. The minimum Gasteiger partial charge on any atom is -0.384 e. The SMILES string of the molecule is CN1CCN(Cc2ccccc2C#CCO)CC1(C)C. The molecule has 1 fully saturated rings. The normalized spacial score (nSPS) is 19.4. The van der Waals surface area contributed by atoms with E-state index in [0.29, 0.717) is 0 Å². The van der Waals surface area contributed by atoms with Gasteiger partial charge in [-0.05, 0) is 32.5 Å². The lowest BCUT2D eigenvalue weighted by molar-refractivity contribution is 0.0360. The van der Waals surface area contributed by atoms with Crippen molar-refractivity contribution < 1.29 is 5.11 Å². The fourth-order valence-corrected chi connectivity index (χ4v) is 2.63. The maximum Gasteiger partial charge on any atom is 0.104 e. The first-order valence-electron chi connectivity index (χ1n) is 7.14. The molecule has 0 aromatic heterocycles. The summed E-state index contributed by atoms with van der Waals surface area (Å²) in [6, 6.07) is 8.21. The zero-order valence-electron chi connectivity index (χ0n) is 12.7. The molecule has 1 aliphatic rings. The molecule has 0 amide bonds. The molecule has 2 rings (SSSR count). The Morgan fingerprint density at radius 1 is 1.25 bits per heavy atom. The number of hydrogen-bond acceptors (Lipinski definition) is 3. The van der Waals surface area contributed by atoms with Gasteiger partial charge in [0.1, 0.15) is 6.61 Å². The molecule has 1 aromatic rings. The highest BCUT2D eigenvalue weighted by molar-refractivity contribution is 5.41. The van der Waals surface area contributed by atoms with Gasteiger partial charge in [0.15, 0.2) is 0 Å². The summed E-state index contributed by atoms with van der Waals surface area (Å²) in [5, 5.41) is 8.85. The van der Waals surface area contributed by atoms with Crippen molar-refractivity contribution >= 4 is 0 Å². The Hall–Kier alpha value is -1.34. The van der Waals surface area contributed by atoms with E-state index in [1.165, 1.54) is 5.56 Å². The van der Waals surface area contributed by atoms with E-state index in [9.17, 15) is 0 Å². The first-order valence-corrected chi connectivity index (χ1v) is 7.14. The van der Waals surface area contributed by atoms with Crippen LogP contribution in [0, 0.1) is 11.8 Å². The summed E-state index contributed by atoms with van der Waals surface area (Å²) in [4.78, 5) is 4.90. The van der Waals surface area contributed by atoms with Crippen LogP contribution in [0.5, 0.6) is 0 Å². The Kier molecular flexibility index (Phi) is 4.82. The van der Waals surface area contributed by atoms with Crippen LogP contribution in [0.3, 0.4) is 0 Å². The van der Waals surface area contributed by atoms with E-state index in [1.807, 2.05) is 12.1 Å². The van der Waals surface area contributed by atoms with E-state index >= 15 is 0 Å². The third-order valence-corrected chi connectivity index (χ3v) is 4.11. The summed E-state index contributed by atoms with van der Waals surface area (Å²) in [5.41, 5.74) is 2.48. The van der Waals surface area contributed by atoms with Crippen molar-refractivity contribution in [1.82, 2.24) is 9.80 Å². The van der Waals surface area contributed by atoms with Crippen LogP contribution in [0.15, 0.2) is 24.3 Å². The second-order valence-electron chi connectivity index (χ2n) is 6.06. The third-order valence-electron chi connectivity index (χ3n) is 4.11. The smallest absolute Gasteiger partial charge is 0.104 e. The summed E-state index contributed by atoms with van der Waals surface area (Å²) < 4.78 is 0. The maximum absolute atomic E-state index is 8.85. The van der Waals surface area contributed by atoms with Crippen LogP contribution in [-0.2, 0) is 6.54 Å². The lowest BCUT2D eigenvalue weighted by Gasteiger charge is -2.45. The van der Waals surface area contributed by atoms with Gasteiger partial charge in [-0.25, -0.2) is 0 Å². The second kappa shape index (κ2) is 6.41. The molecule has 3 heteroatoms. The molecule has 0 radical (unpaired) electrons. The molecule has 1 N–H and O–H groups in total. The summed E-state index contributed by atoms with van der Waals surface area (Å²) in [6.07, 6.45) is 0. The zero-order valence-corrected chi connectivity index (χ0v) is 12.7.